The topological polar surface area (TPSA) is 58.2 Å². The normalized spacial score (nSPS) is 10.5. The van der Waals surface area contributed by atoms with E-state index in [1.807, 2.05) is 17.5 Å². The van der Waals surface area contributed by atoms with E-state index < -0.39 is 0 Å². The Morgan fingerprint density at radius 3 is 2.62 bits per heavy atom. The summed E-state index contributed by atoms with van der Waals surface area (Å²) in [6.45, 7) is 2.63. The maximum atomic E-state index is 12.4. The molecule has 0 spiro atoms. The highest BCUT2D eigenvalue weighted by molar-refractivity contribution is 7.09. The molecule has 3 aromatic rings. The van der Waals surface area contributed by atoms with E-state index >= 15 is 0 Å². The zero-order chi connectivity index (χ0) is 20.5. The number of amides is 2. The van der Waals surface area contributed by atoms with Crippen molar-refractivity contribution in [1.29, 1.82) is 0 Å². The summed E-state index contributed by atoms with van der Waals surface area (Å²) in [7, 11) is 0. The van der Waals surface area contributed by atoms with Gasteiger partial charge in [0.2, 0.25) is 5.91 Å². The molecular weight excluding hydrogens is 380 g/mol. The maximum absolute atomic E-state index is 12.4. The predicted molar refractivity (Wildman–Crippen MR) is 120 cm³/mol. The lowest BCUT2D eigenvalue weighted by Gasteiger charge is -2.09. The number of hydrogen-bond donors (Lipinski definition) is 2. The molecule has 150 valence electrons. The Bertz CT molecular complexity index is 951. The lowest BCUT2D eigenvalue weighted by atomic mass is 10.1. The van der Waals surface area contributed by atoms with Crippen LogP contribution in [0.4, 0.5) is 5.69 Å². The fourth-order valence-electron chi connectivity index (χ4n) is 3.13. The standard InChI is InChI=1S/C24H26N2O2S/c1-18-6-2-7-19(16-18)13-14-25-24(28)20-8-3-9-21(17-20)26-23(27)12-4-10-22-11-5-15-29-22/h2-3,5-9,11,15-17H,4,10,12-14H2,1H3,(H,25,28)(H,26,27). The molecule has 0 radical (unpaired) electrons. The van der Waals surface area contributed by atoms with E-state index in [0.717, 1.165) is 19.3 Å². The average molecular weight is 407 g/mol. The minimum absolute atomic E-state index is 0.0291. The van der Waals surface area contributed by atoms with Crippen molar-refractivity contribution in [3.8, 4) is 0 Å². The van der Waals surface area contributed by atoms with Crippen LogP contribution >= 0.6 is 11.3 Å². The van der Waals surface area contributed by atoms with E-state index in [1.54, 1.807) is 35.6 Å². The number of nitrogens with one attached hydrogen (secondary N) is 2. The van der Waals surface area contributed by atoms with Gasteiger partial charge in [-0.15, -0.1) is 11.3 Å². The van der Waals surface area contributed by atoms with Gasteiger partial charge in [0.05, 0.1) is 0 Å². The Kier molecular flexibility index (Phi) is 7.59. The molecule has 5 heteroatoms. The maximum Gasteiger partial charge on any atom is 0.251 e. The summed E-state index contributed by atoms with van der Waals surface area (Å²) in [6, 6.07) is 19.5. The monoisotopic (exact) mass is 406 g/mol. The van der Waals surface area contributed by atoms with Gasteiger partial charge in [0.1, 0.15) is 0 Å². The van der Waals surface area contributed by atoms with Crippen LogP contribution < -0.4 is 10.6 Å². The third kappa shape index (κ3) is 6.88. The molecule has 0 unspecified atom stereocenters. The molecule has 0 fully saturated rings. The van der Waals surface area contributed by atoms with Gasteiger partial charge in [0.15, 0.2) is 0 Å². The van der Waals surface area contributed by atoms with Crippen LogP contribution in [0.1, 0.15) is 39.2 Å². The van der Waals surface area contributed by atoms with Crippen LogP contribution in [0.5, 0.6) is 0 Å². The molecule has 0 bridgehead atoms. The number of rotatable bonds is 9. The zero-order valence-electron chi connectivity index (χ0n) is 16.6. The number of benzene rings is 2. The lowest BCUT2D eigenvalue weighted by Crippen LogP contribution is -2.25. The SMILES string of the molecule is Cc1cccc(CCNC(=O)c2cccc(NC(=O)CCCc3cccs3)c2)c1. The van der Waals surface area contributed by atoms with Crippen LogP contribution in [-0.4, -0.2) is 18.4 Å². The molecule has 2 N–H and O–H groups in total. The van der Waals surface area contributed by atoms with Gasteiger partial charge in [-0.3, -0.25) is 9.59 Å². The Morgan fingerprint density at radius 1 is 0.966 bits per heavy atom. The second-order valence-electron chi connectivity index (χ2n) is 7.06. The van der Waals surface area contributed by atoms with Crippen molar-refractivity contribution >= 4 is 28.8 Å². The predicted octanol–water partition coefficient (Wildman–Crippen LogP) is 4.99. The summed E-state index contributed by atoms with van der Waals surface area (Å²) < 4.78 is 0. The molecule has 2 amide bonds. The summed E-state index contributed by atoms with van der Waals surface area (Å²) in [4.78, 5) is 25.9. The molecular formula is C24H26N2O2S. The van der Waals surface area contributed by atoms with E-state index in [-0.39, 0.29) is 11.8 Å². The summed E-state index contributed by atoms with van der Waals surface area (Å²) >= 11 is 1.71. The quantitative estimate of drug-likeness (QED) is 0.526. The third-order valence-corrected chi connectivity index (χ3v) is 5.53. The van der Waals surface area contributed by atoms with E-state index in [0.29, 0.717) is 24.2 Å². The fourth-order valence-corrected chi connectivity index (χ4v) is 3.88. The van der Waals surface area contributed by atoms with Crippen LogP contribution in [0, 0.1) is 6.92 Å². The van der Waals surface area contributed by atoms with Crippen LogP contribution in [0.3, 0.4) is 0 Å². The summed E-state index contributed by atoms with van der Waals surface area (Å²) in [5, 5.41) is 7.89. The van der Waals surface area contributed by atoms with E-state index in [1.165, 1.54) is 16.0 Å². The van der Waals surface area contributed by atoms with E-state index in [2.05, 4.69) is 41.8 Å². The molecule has 29 heavy (non-hydrogen) atoms. The van der Waals surface area contributed by atoms with Crippen molar-refractivity contribution in [3.63, 3.8) is 0 Å². The van der Waals surface area contributed by atoms with Gasteiger partial charge in [-0.25, -0.2) is 0 Å². The minimum atomic E-state index is -0.133. The Morgan fingerprint density at radius 2 is 1.83 bits per heavy atom. The first-order valence-electron chi connectivity index (χ1n) is 9.86. The molecule has 0 saturated heterocycles. The minimum Gasteiger partial charge on any atom is -0.352 e. The third-order valence-electron chi connectivity index (χ3n) is 4.60. The van der Waals surface area contributed by atoms with Gasteiger partial charge in [0, 0.05) is 29.1 Å². The number of carbonyl (C=O) groups excluding carboxylic acids is 2. The Labute approximate surface area is 176 Å². The van der Waals surface area contributed by atoms with E-state index in [4.69, 9.17) is 0 Å². The summed E-state index contributed by atoms with van der Waals surface area (Å²) in [5.41, 5.74) is 3.62. The Balaban J connectivity index is 1.45. The number of anilines is 1. The second kappa shape index (κ2) is 10.6. The molecule has 2 aromatic carbocycles. The fraction of sp³-hybridized carbons (Fsp3) is 0.250. The first-order chi connectivity index (χ1) is 14.1. The average Bonchev–Trinajstić information content (AvgIpc) is 3.22. The van der Waals surface area contributed by atoms with Gasteiger partial charge in [0.25, 0.3) is 5.91 Å². The highest BCUT2D eigenvalue weighted by Crippen LogP contribution is 2.14. The first kappa shape index (κ1) is 20.8. The number of hydrogen-bond acceptors (Lipinski definition) is 3. The van der Waals surface area contributed by atoms with Crippen molar-refractivity contribution in [2.75, 3.05) is 11.9 Å². The Hall–Kier alpha value is -2.92. The van der Waals surface area contributed by atoms with Gasteiger partial charge < -0.3 is 10.6 Å². The van der Waals surface area contributed by atoms with Crippen LogP contribution in [0.15, 0.2) is 66.0 Å². The van der Waals surface area contributed by atoms with Crippen molar-refractivity contribution < 1.29 is 9.59 Å². The molecule has 0 aliphatic rings. The van der Waals surface area contributed by atoms with Crippen molar-refractivity contribution in [1.82, 2.24) is 5.32 Å². The number of thiophene rings is 1. The molecule has 0 saturated carbocycles. The molecule has 0 atom stereocenters. The highest BCUT2D eigenvalue weighted by Gasteiger charge is 2.08. The first-order valence-corrected chi connectivity index (χ1v) is 10.7. The zero-order valence-corrected chi connectivity index (χ0v) is 17.4. The number of carbonyl (C=O) groups is 2. The van der Waals surface area contributed by atoms with E-state index in [9.17, 15) is 9.59 Å². The van der Waals surface area contributed by atoms with Gasteiger partial charge in [-0.1, -0.05) is 42.0 Å². The smallest absolute Gasteiger partial charge is 0.251 e. The molecule has 0 aliphatic heterocycles. The van der Waals surface area contributed by atoms with Gasteiger partial charge in [-0.2, -0.15) is 0 Å². The van der Waals surface area contributed by atoms with Crippen LogP contribution in [-0.2, 0) is 17.6 Å². The highest BCUT2D eigenvalue weighted by atomic mass is 32.1. The summed E-state index contributed by atoms with van der Waals surface area (Å²) in [6.07, 6.45) is 2.97. The largest absolute Gasteiger partial charge is 0.352 e. The molecule has 1 aromatic heterocycles. The number of aryl methyl sites for hydroxylation is 2. The van der Waals surface area contributed by atoms with Crippen molar-refractivity contribution in [2.24, 2.45) is 0 Å². The summed E-state index contributed by atoms with van der Waals surface area (Å²) in [5.74, 6) is -0.162. The molecule has 0 aliphatic carbocycles. The molecule has 1 heterocycles. The second-order valence-corrected chi connectivity index (χ2v) is 8.09. The molecule has 4 nitrogen and oxygen atoms in total. The lowest BCUT2D eigenvalue weighted by molar-refractivity contribution is -0.116. The van der Waals surface area contributed by atoms with Gasteiger partial charge >= 0.3 is 0 Å². The van der Waals surface area contributed by atoms with Crippen LogP contribution in [0.25, 0.3) is 0 Å². The van der Waals surface area contributed by atoms with Crippen LogP contribution in [0.2, 0.25) is 0 Å². The van der Waals surface area contributed by atoms with Gasteiger partial charge in [-0.05, 0) is 61.4 Å². The molecule has 3 rings (SSSR count). The van der Waals surface area contributed by atoms with Crippen molar-refractivity contribution in [3.05, 3.63) is 87.6 Å². The van der Waals surface area contributed by atoms with Crippen molar-refractivity contribution in [2.45, 2.75) is 32.6 Å².